The molecule has 1 saturated heterocycles. The topological polar surface area (TPSA) is 71.1 Å². The van der Waals surface area contributed by atoms with E-state index in [9.17, 15) is 4.79 Å². The molecule has 0 saturated carbocycles. The van der Waals surface area contributed by atoms with Crippen LogP contribution in [0.2, 0.25) is 0 Å². The van der Waals surface area contributed by atoms with Gasteiger partial charge >= 0.3 is 0 Å². The fourth-order valence-corrected chi connectivity index (χ4v) is 3.96. The van der Waals surface area contributed by atoms with E-state index in [2.05, 4.69) is 25.9 Å². The van der Waals surface area contributed by atoms with Crippen molar-refractivity contribution in [2.45, 2.75) is 25.7 Å². The number of piperidine rings is 1. The third kappa shape index (κ3) is 3.17. The van der Waals surface area contributed by atoms with Gasteiger partial charge in [0.05, 0.1) is 11.7 Å². The molecular weight excluding hydrogens is 328 g/mol. The average Bonchev–Trinajstić information content (AvgIpc) is 3.17. The summed E-state index contributed by atoms with van der Waals surface area (Å²) in [6.45, 7) is 2.40. The fraction of sp³-hybridized carbons (Fsp3) is 0.450. The van der Waals surface area contributed by atoms with Crippen molar-refractivity contribution < 1.29 is 9.53 Å². The Hall–Kier alpha value is -2.47. The molecule has 3 aromatic heterocycles. The monoisotopic (exact) mass is 352 g/mol. The largest absolute Gasteiger partial charge is 0.385 e. The van der Waals surface area contributed by atoms with E-state index >= 15 is 0 Å². The number of carbonyl (C=O) groups is 1. The first-order valence-corrected chi connectivity index (χ1v) is 9.25. The summed E-state index contributed by atoms with van der Waals surface area (Å²) < 4.78 is 5.07. The molecule has 1 N–H and O–H groups in total. The predicted molar refractivity (Wildman–Crippen MR) is 102 cm³/mol. The van der Waals surface area contributed by atoms with E-state index in [-0.39, 0.29) is 5.92 Å². The Morgan fingerprint density at radius 2 is 2.31 bits per heavy atom. The van der Waals surface area contributed by atoms with E-state index in [0.717, 1.165) is 60.0 Å². The van der Waals surface area contributed by atoms with E-state index in [4.69, 9.17) is 4.74 Å². The highest BCUT2D eigenvalue weighted by Crippen LogP contribution is 2.33. The summed E-state index contributed by atoms with van der Waals surface area (Å²) in [4.78, 5) is 27.0. The van der Waals surface area contributed by atoms with Gasteiger partial charge in [-0.2, -0.15) is 0 Å². The number of ketones is 1. The molecule has 0 bridgehead atoms. The molecule has 0 amide bonds. The van der Waals surface area contributed by atoms with Crippen LogP contribution in [-0.4, -0.2) is 47.5 Å². The number of nitrogens with zero attached hydrogens (tertiary/aromatic N) is 3. The molecule has 4 heterocycles. The molecule has 1 aliphatic heterocycles. The van der Waals surface area contributed by atoms with Gasteiger partial charge < -0.3 is 14.6 Å². The summed E-state index contributed by atoms with van der Waals surface area (Å²) in [6, 6.07) is 4.12. The molecule has 1 fully saturated rings. The van der Waals surface area contributed by atoms with Crippen LogP contribution in [0.1, 0.15) is 25.7 Å². The maximum atomic E-state index is 12.6. The molecule has 1 aliphatic rings. The van der Waals surface area contributed by atoms with Crippen molar-refractivity contribution in [3.05, 3.63) is 30.7 Å². The molecule has 4 rings (SSSR count). The van der Waals surface area contributed by atoms with E-state index in [0.29, 0.717) is 18.8 Å². The SMILES string of the molecule is COCCCC(=O)C1CCCN(c2cc[nH]c3cnc4nccc4c23)C1. The summed E-state index contributed by atoms with van der Waals surface area (Å²) in [5.74, 6) is 0.468. The summed E-state index contributed by atoms with van der Waals surface area (Å²) in [6.07, 6.45) is 9.02. The Labute approximate surface area is 152 Å². The lowest BCUT2D eigenvalue weighted by molar-refractivity contribution is -0.123. The lowest BCUT2D eigenvalue weighted by atomic mass is 9.91. The van der Waals surface area contributed by atoms with Crippen LogP contribution in [0.5, 0.6) is 0 Å². The van der Waals surface area contributed by atoms with Crippen LogP contribution in [0.3, 0.4) is 0 Å². The number of hydrogen-bond donors (Lipinski definition) is 1. The molecule has 0 aromatic carbocycles. The molecule has 6 heteroatoms. The second-order valence-corrected chi connectivity index (χ2v) is 6.94. The highest BCUT2D eigenvalue weighted by molar-refractivity contribution is 6.10. The van der Waals surface area contributed by atoms with E-state index in [1.165, 1.54) is 0 Å². The van der Waals surface area contributed by atoms with E-state index < -0.39 is 0 Å². The number of H-pyrrole nitrogens is 1. The number of aromatic amines is 1. The first kappa shape index (κ1) is 17.0. The van der Waals surface area contributed by atoms with Crippen molar-refractivity contribution in [2.24, 2.45) is 5.92 Å². The van der Waals surface area contributed by atoms with Crippen LogP contribution in [0.15, 0.2) is 30.7 Å². The molecule has 26 heavy (non-hydrogen) atoms. The molecule has 3 aromatic rings. The summed E-state index contributed by atoms with van der Waals surface area (Å²) in [5.41, 5.74) is 2.92. The summed E-state index contributed by atoms with van der Waals surface area (Å²) in [7, 11) is 1.68. The zero-order chi connectivity index (χ0) is 17.9. The third-order valence-electron chi connectivity index (χ3n) is 5.26. The third-order valence-corrected chi connectivity index (χ3v) is 5.26. The second-order valence-electron chi connectivity index (χ2n) is 6.94. The highest BCUT2D eigenvalue weighted by Gasteiger charge is 2.26. The highest BCUT2D eigenvalue weighted by atomic mass is 16.5. The predicted octanol–water partition coefficient (Wildman–Crippen LogP) is 3.32. The molecular formula is C20H24N4O2. The van der Waals surface area contributed by atoms with Gasteiger partial charge in [0.25, 0.3) is 0 Å². The van der Waals surface area contributed by atoms with Gasteiger partial charge in [0, 0.05) is 68.0 Å². The maximum Gasteiger partial charge on any atom is 0.159 e. The van der Waals surface area contributed by atoms with Gasteiger partial charge in [0.2, 0.25) is 0 Å². The van der Waals surface area contributed by atoms with Gasteiger partial charge in [-0.15, -0.1) is 0 Å². The Kier molecular flexibility index (Phi) is 4.84. The number of methoxy groups -OCH3 is 1. The van der Waals surface area contributed by atoms with Crippen LogP contribution < -0.4 is 4.90 Å². The van der Waals surface area contributed by atoms with E-state index in [1.807, 2.05) is 18.5 Å². The number of fused-ring (bicyclic) bond motifs is 3. The number of anilines is 1. The Morgan fingerprint density at radius 3 is 3.19 bits per heavy atom. The smallest absolute Gasteiger partial charge is 0.159 e. The number of aromatic nitrogens is 3. The van der Waals surface area contributed by atoms with Crippen LogP contribution >= 0.6 is 0 Å². The average molecular weight is 352 g/mol. The number of pyridine rings is 2. The van der Waals surface area contributed by atoms with Crippen molar-refractivity contribution in [3.8, 4) is 0 Å². The quantitative estimate of drug-likeness (QED) is 0.689. The first-order valence-electron chi connectivity index (χ1n) is 9.25. The van der Waals surface area contributed by atoms with Crippen LogP contribution in [0.25, 0.3) is 21.9 Å². The Morgan fingerprint density at radius 1 is 1.38 bits per heavy atom. The second kappa shape index (κ2) is 7.41. The standard InChI is InChI=1S/C20H24N4O2/c1-26-11-3-5-18(25)14-4-2-10-24(13-14)17-7-9-21-16-12-23-20-15(19(16)17)6-8-22-20/h6-9,12,14,21H,2-5,10-11,13H2,1H3. The van der Waals surface area contributed by atoms with Gasteiger partial charge in [0.1, 0.15) is 5.78 Å². The van der Waals surface area contributed by atoms with Crippen molar-refractivity contribution in [3.63, 3.8) is 0 Å². The van der Waals surface area contributed by atoms with Gasteiger partial charge in [-0.05, 0) is 31.4 Å². The van der Waals surface area contributed by atoms with Crippen LogP contribution in [0.4, 0.5) is 5.69 Å². The fourth-order valence-electron chi connectivity index (χ4n) is 3.96. The van der Waals surface area contributed by atoms with Crippen LogP contribution in [0, 0.1) is 5.92 Å². The van der Waals surface area contributed by atoms with Crippen molar-refractivity contribution in [1.29, 1.82) is 0 Å². The molecule has 0 radical (unpaired) electrons. The van der Waals surface area contributed by atoms with Crippen molar-refractivity contribution >= 4 is 33.4 Å². The summed E-state index contributed by atoms with van der Waals surface area (Å²) >= 11 is 0. The van der Waals surface area contributed by atoms with Gasteiger partial charge in [-0.25, -0.2) is 9.97 Å². The number of carbonyl (C=O) groups excluding carboxylic acids is 1. The number of ether oxygens (including phenoxy) is 1. The Bertz CT molecular complexity index is 920. The minimum absolute atomic E-state index is 0.106. The minimum Gasteiger partial charge on any atom is -0.385 e. The normalized spacial score (nSPS) is 17.9. The molecule has 0 aliphatic carbocycles. The molecule has 1 atom stereocenters. The lowest BCUT2D eigenvalue weighted by Crippen LogP contribution is -2.39. The van der Waals surface area contributed by atoms with Gasteiger partial charge in [0.15, 0.2) is 5.65 Å². The molecule has 1 unspecified atom stereocenters. The van der Waals surface area contributed by atoms with Gasteiger partial charge in [-0.1, -0.05) is 0 Å². The van der Waals surface area contributed by atoms with Crippen molar-refractivity contribution in [2.75, 3.05) is 31.7 Å². The maximum absolute atomic E-state index is 12.6. The summed E-state index contributed by atoms with van der Waals surface area (Å²) in [5, 5.41) is 2.20. The lowest BCUT2D eigenvalue weighted by Gasteiger charge is -2.34. The minimum atomic E-state index is 0.106. The number of rotatable bonds is 6. The van der Waals surface area contributed by atoms with Crippen molar-refractivity contribution in [1.82, 2.24) is 15.0 Å². The zero-order valence-electron chi connectivity index (χ0n) is 15.1. The number of Topliss-reactive ketones (excluding diaryl/α,β-unsaturated/α-hetero) is 1. The zero-order valence-corrected chi connectivity index (χ0v) is 15.1. The first-order chi connectivity index (χ1) is 12.8. The Balaban J connectivity index is 1.63. The van der Waals surface area contributed by atoms with Crippen LogP contribution in [-0.2, 0) is 9.53 Å². The molecule has 0 spiro atoms. The van der Waals surface area contributed by atoms with Gasteiger partial charge in [-0.3, -0.25) is 4.79 Å². The van der Waals surface area contributed by atoms with E-state index in [1.54, 1.807) is 13.3 Å². The number of hydrogen-bond acceptors (Lipinski definition) is 5. The molecule has 6 nitrogen and oxygen atoms in total. The molecule has 136 valence electrons. The number of nitrogens with one attached hydrogen (secondary N) is 1.